The maximum Gasteiger partial charge on any atom is 0.234 e. The molecule has 0 atom stereocenters. The lowest BCUT2D eigenvalue weighted by Gasteiger charge is -2.09. The molecule has 0 aliphatic rings. The second-order valence-corrected chi connectivity index (χ2v) is 7.18. The summed E-state index contributed by atoms with van der Waals surface area (Å²) in [6, 6.07) is 20.3. The fourth-order valence-corrected chi connectivity index (χ4v) is 3.48. The molecule has 0 aliphatic heterocycles. The van der Waals surface area contributed by atoms with Gasteiger partial charge in [0.15, 0.2) is 10.9 Å². The number of nitrogens with one attached hydrogen (secondary N) is 1. The molecule has 4 aromatic rings. The van der Waals surface area contributed by atoms with Gasteiger partial charge in [-0.25, -0.2) is 0 Å². The number of rotatable bonds is 6. The second kappa shape index (κ2) is 8.33. The molecule has 2 aromatic carbocycles. The van der Waals surface area contributed by atoms with Crippen molar-refractivity contribution in [1.29, 1.82) is 0 Å². The van der Waals surface area contributed by atoms with Crippen molar-refractivity contribution < 1.29 is 9.21 Å². The van der Waals surface area contributed by atoms with Crippen LogP contribution in [0.25, 0.3) is 17.3 Å². The maximum atomic E-state index is 12.3. The van der Waals surface area contributed by atoms with Crippen LogP contribution in [0.15, 0.2) is 82.6 Å². The highest BCUT2D eigenvalue weighted by atomic mass is 35.5. The Balaban J connectivity index is 1.54. The minimum Gasteiger partial charge on any atom is -0.461 e. The highest BCUT2D eigenvalue weighted by molar-refractivity contribution is 7.99. The number of amides is 1. The van der Waals surface area contributed by atoms with Gasteiger partial charge in [0, 0.05) is 16.4 Å². The number of para-hydroxylation sites is 1. The molecule has 2 aromatic heterocycles. The van der Waals surface area contributed by atoms with Gasteiger partial charge in [-0.05, 0) is 48.5 Å². The van der Waals surface area contributed by atoms with Crippen LogP contribution in [-0.4, -0.2) is 26.4 Å². The third-order valence-electron chi connectivity index (χ3n) is 3.85. The van der Waals surface area contributed by atoms with Gasteiger partial charge >= 0.3 is 0 Å². The van der Waals surface area contributed by atoms with Crippen molar-refractivity contribution in [2.45, 2.75) is 5.16 Å². The monoisotopic (exact) mass is 410 g/mol. The van der Waals surface area contributed by atoms with Crippen LogP contribution in [0, 0.1) is 0 Å². The Kier molecular flexibility index (Phi) is 5.45. The van der Waals surface area contributed by atoms with E-state index in [4.69, 9.17) is 16.0 Å². The average molecular weight is 411 g/mol. The van der Waals surface area contributed by atoms with Gasteiger partial charge < -0.3 is 9.73 Å². The summed E-state index contributed by atoms with van der Waals surface area (Å²) in [5.74, 6) is 1.23. The van der Waals surface area contributed by atoms with Crippen molar-refractivity contribution in [3.05, 3.63) is 78.0 Å². The second-order valence-electron chi connectivity index (χ2n) is 5.80. The molecule has 0 radical (unpaired) electrons. The van der Waals surface area contributed by atoms with Crippen LogP contribution in [0.3, 0.4) is 0 Å². The van der Waals surface area contributed by atoms with Gasteiger partial charge in [-0.1, -0.05) is 41.6 Å². The summed E-state index contributed by atoms with van der Waals surface area (Å²) in [6.45, 7) is 0. The average Bonchev–Trinajstić information content (AvgIpc) is 3.38. The van der Waals surface area contributed by atoms with Gasteiger partial charge in [-0.3, -0.25) is 9.36 Å². The number of carbonyl (C=O) groups is 1. The van der Waals surface area contributed by atoms with Crippen LogP contribution in [0.2, 0.25) is 5.02 Å². The zero-order valence-electron chi connectivity index (χ0n) is 14.6. The number of benzene rings is 2. The topological polar surface area (TPSA) is 73.0 Å². The quantitative estimate of drug-likeness (QED) is 0.457. The first-order chi connectivity index (χ1) is 13.7. The summed E-state index contributed by atoms with van der Waals surface area (Å²) in [5, 5.41) is 12.6. The van der Waals surface area contributed by atoms with Crippen molar-refractivity contribution in [2.24, 2.45) is 0 Å². The minimum absolute atomic E-state index is 0.144. The van der Waals surface area contributed by atoms with E-state index in [1.54, 1.807) is 36.6 Å². The Morgan fingerprint density at radius 3 is 2.54 bits per heavy atom. The van der Waals surface area contributed by atoms with Crippen LogP contribution in [-0.2, 0) is 4.79 Å². The van der Waals surface area contributed by atoms with Gasteiger partial charge in [-0.15, -0.1) is 10.2 Å². The number of hydrogen-bond donors (Lipinski definition) is 1. The zero-order valence-corrected chi connectivity index (χ0v) is 16.2. The third kappa shape index (κ3) is 4.11. The summed E-state index contributed by atoms with van der Waals surface area (Å²) in [5.41, 5.74) is 1.58. The van der Waals surface area contributed by atoms with E-state index >= 15 is 0 Å². The Morgan fingerprint density at radius 1 is 1.04 bits per heavy atom. The third-order valence-corrected chi connectivity index (χ3v) is 5.03. The van der Waals surface area contributed by atoms with E-state index in [9.17, 15) is 4.79 Å². The Labute approximate surface area is 170 Å². The molecular formula is C20H15ClN4O2S. The standard InChI is InChI=1S/C20H15ClN4O2S/c21-14-8-10-15(11-9-14)22-18(26)13-28-20-24-23-19(17-7-4-12-27-17)25(20)16-5-2-1-3-6-16/h1-12H,13H2,(H,22,26). The van der Waals surface area contributed by atoms with E-state index in [-0.39, 0.29) is 11.7 Å². The molecule has 8 heteroatoms. The van der Waals surface area contributed by atoms with E-state index in [0.29, 0.717) is 27.5 Å². The minimum atomic E-state index is -0.144. The summed E-state index contributed by atoms with van der Waals surface area (Å²) in [7, 11) is 0. The van der Waals surface area contributed by atoms with Crippen molar-refractivity contribution in [2.75, 3.05) is 11.1 Å². The lowest BCUT2D eigenvalue weighted by atomic mass is 10.3. The van der Waals surface area contributed by atoms with Crippen LogP contribution >= 0.6 is 23.4 Å². The summed E-state index contributed by atoms with van der Waals surface area (Å²) in [6.07, 6.45) is 1.59. The molecule has 1 amide bonds. The molecule has 0 aliphatic carbocycles. The molecule has 140 valence electrons. The number of aromatic nitrogens is 3. The summed E-state index contributed by atoms with van der Waals surface area (Å²) in [4.78, 5) is 12.3. The predicted octanol–water partition coefficient (Wildman–Crippen LogP) is 4.91. The molecular weight excluding hydrogens is 396 g/mol. The Hall–Kier alpha value is -3.03. The van der Waals surface area contributed by atoms with Gasteiger partial charge in [0.2, 0.25) is 11.7 Å². The first kappa shape index (κ1) is 18.3. The van der Waals surface area contributed by atoms with Crippen LogP contribution in [0.4, 0.5) is 5.69 Å². The van der Waals surface area contributed by atoms with E-state index in [1.165, 1.54) is 11.8 Å². The number of furan rings is 1. The van der Waals surface area contributed by atoms with Crippen molar-refractivity contribution in [3.63, 3.8) is 0 Å². The molecule has 28 heavy (non-hydrogen) atoms. The van der Waals surface area contributed by atoms with Crippen molar-refractivity contribution in [3.8, 4) is 17.3 Å². The van der Waals surface area contributed by atoms with Crippen molar-refractivity contribution in [1.82, 2.24) is 14.8 Å². The SMILES string of the molecule is O=C(CSc1nnc(-c2ccco2)n1-c1ccccc1)Nc1ccc(Cl)cc1. The Bertz CT molecular complexity index is 1060. The van der Waals surface area contributed by atoms with Gasteiger partial charge in [0.1, 0.15) is 0 Å². The summed E-state index contributed by atoms with van der Waals surface area (Å²) < 4.78 is 7.36. The van der Waals surface area contributed by atoms with Crippen molar-refractivity contribution >= 4 is 35.0 Å². The molecule has 0 bridgehead atoms. The number of carbonyl (C=O) groups excluding carboxylic acids is 1. The molecule has 0 fully saturated rings. The number of nitrogens with zero attached hydrogens (tertiary/aromatic N) is 3. The lowest BCUT2D eigenvalue weighted by molar-refractivity contribution is -0.113. The fraction of sp³-hybridized carbons (Fsp3) is 0.0500. The van der Waals surface area contributed by atoms with Crippen LogP contribution in [0.1, 0.15) is 0 Å². The number of thioether (sulfide) groups is 1. The van der Waals surface area contributed by atoms with Crippen LogP contribution in [0.5, 0.6) is 0 Å². The Morgan fingerprint density at radius 2 is 1.82 bits per heavy atom. The summed E-state index contributed by atoms with van der Waals surface area (Å²) >= 11 is 7.17. The van der Waals surface area contributed by atoms with E-state index in [0.717, 1.165) is 5.69 Å². The van der Waals surface area contributed by atoms with Gasteiger partial charge in [0.05, 0.1) is 12.0 Å². The van der Waals surface area contributed by atoms with Crippen LogP contribution < -0.4 is 5.32 Å². The molecule has 0 unspecified atom stereocenters. The highest BCUT2D eigenvalue weighted by Crippen LogP contribution is 2.28. The molecule has 6 nitrogen and oxygen atoms in total. The normalized spacial score (nSPS) is 10.8. The number of anilines is 1. The largest absolute Gasteiger partial charge is 0.461 e. The maximum absolute atomic E-state index is 12.3. The molecule has 4 rings (SSSR count). The first-order valence-corrected chi connectivity index (χ1v) is 9.80. The zero-order chi connectivity index (χ0) is 19.3. The van der Waals surface area contributed by atoms with E-state index in [2.05, 4.69) is 15.5 Å². The highest BCUT2D eigenvalue weighted by Gasteiger charge is 2.18. The van der Waals surface area contributed by atoms with Gasteiger partial charge in [0.25, 0.3) is 0 Å². The molecule has 0 saturated carbocycles. The van der Waals surface area contributed by atoms with E-state index in [1.807, 2.05) is 41.0 Å². The molecule has 0 spiro atoms. The first-order valence-electron chi connectivity index (χ1n) is 8.43. The molecule has 0 saturated heterocycles. The smallest absolute Gasteiger partial charge is 0.234 e. The molecule has 1 N–H and O–H groups in total. The molecule has 2 heterocycles. The fourth-order valence-electron chi connectivity index (χ4n) is 2.60. The van der Waals surface area contributed by atoms with Gasteiger partial charge in [-0.2, -0.15) is 0 Å². The lowest BCUT2D eigenvalue weighted by Crippen LogP contribution is -2.14. The predicted molar refractivity (Wildman–Crippen MR) is 110 cm³/mol. The van der Waals surface area contributed by atoms with E-state index < -0.39 is 0 Å². The number of halogens is 1. The number of hydrogen-bond acceptors (Lipinski definition) is 5.